The van der Waals surface area contributed by atoms with Crippen molar-refractivity contribution >= 4 is 11.8 Å². The van der Waals surface area contributed by atoms with Gasteiger partial charge in [-0.15, -0.1) is 0 Å². The van der Waals surface area contributed by atoms with E-state index in [1.165, 1.54) is 0 Å². The Labute approximate surface area is 101 Å². The molecule has 1 atom stereocenters. The summed E-state index contributed by atoms with van der Waals surface area (Å²) in [5, 5.41) is 5.28. The zero-order valence-corrected chi connectivity index (χ0v) is 10.6. The van der Waals surface area contributed by atoms with Crippen molar-refractivity contribution < 1.29 is 14.3 Å². The molecule has 98 valence electrons. The fourth-order valence-electron chi connectivity index (χ4n) is 1.56. The Balaban J connectivity index is 2.36. The first-order valence-electron chi connectivity index (χ1n) is 5.69. The Hall–Kier alpha value is -1.14. The third-order valence-electron chi connectivity index (χ3n) is 2.43. The lowest BCUT2D eigenvalue weighted by Crippen LogP contribution is -2.56. The molecule has 1 fully saturated rings. The van der Waals surface area contributed by atoms with Gasteiger partial charge in [-0.05, 0) is 27.2 Å². The summed E-state index contributed by atoms with van der Waals surface area (Å²) in [6.45, 7) is 6.26. The Morgan fingerprint density at radius 1 is 1.41 bits per heavy atom. The van der Waals surface area contributed by atoms with E-state index < -0.39 is 5.54 Å². The Morgan fingerprint density at radius 2 is 2.06 bits per heavy atom. The van der Waals surface area contributed by atoms with Gasteiger partial charge in [-0.2, -0.15) is 0 Å². The van der Waals surface area contributed by atoms with E-state index >= 15 is 0 Å². The highest BCUT2D eigenvalue weighted by atomic mass is 16.5. The van der Waals surface area contributed by atoms with Crippen molar-refractivity contribution in [3.05, 3.63) is 0 Å². The molecule has 1 rings (SSSR count). The highest BCUT2D eigenvalue weighted by Crippen LogP contribution is 2.15. The van der Waals surface area contributed by atoms with Crippen molar-refractivity contribution in [2.75, 3.05) is 19.8 Å². The maximum atomic E-state index is 11.7. The smallest absolute Gasteiger partial charge is 0.243 e. The van der Waals surface area contributed by atoms with Gasteiger partial charge >= 0.3 is 0 Å². The van der Waals surface area contributed by atoms with Crippen LogP contribution in [-0.4, -0.2) is 42.7 Å². The summed E-state index contributed by atoms with van der Waals surface area (Å²) in [7, 11) is 0. The maximum absolute atomic E-state index is 11.7. The number of carbonyl (C=O) groups is 2. The Kier molecular flexibility index (Phi) is 4.11. The molecule has 1 aliphatic rings. The van der Waals surface area contributed by atoms with Crippen LogP contribution in [0.5, 0.6) is 0 Å². The van der Waals surface area contributed by atoms with E-state index in [0.717, 1.165) is 0 Å². The van der Waals surface area contributed by atoms with Crippen LogP contribution in [0.3, 0.4) is 0 Å². The molecule has 4 N–H and O–H groups in total. The first kappa shape index (κ1) is 13.9. The minimum Gasteiger partial charge on any atom is -0.379 e. The van der Waals surface area contributed by atoms with Crippen LogP contribution in [0.25, 0.3) is 0 Å². The van der Waals surface area contributed by atoms with E-state index in [1.807, 2.05) is 20.8 Å². The van der Waals surface area contributed by atoms with Crippen LogP contribution in [0, 0.1) is 0 Å². The van der Waals surface area contributed by atoms with Gasteiger partial charge < -0.3 is 21.1 Å². The van der Waals surface area contributed by atoms with Crippen LogP contribution in [0.15, 0.2) is 0 Å². The average molecular weight is 243 g/mol. The van der Waals surface area contributed by atoms with Crippen molar-refractivity contribution in [1.82, 2.24) is 10.6 Å². The predicted octanol–water partition coefficient (Wildman–Crippen LogP) is -0.865. The van der Waals surface area contributed by atoms with Gasteiger partial charge in [0.2, 0.25) is 11.8 Å². The van der Waals surface area contributed by atoms with E-state index in [1.54, 1.807) is 0 Å². The predicted molar refractivity (Wildman–Crippen MR) is 63.3 cm³/mol. The van der Waals surface area contributed by atoms with Crippen LogP contribution < -0.4 is 16.4 Å². The number of ether oxygens (including phenoxy) is 1. The summed E-state index contributed by atoms with van der Waals surface area (Å²) in [5.74, 6) is -0.563. The first-order chi connectivity index (χ1) is 7.73. The normalized spacial score (nSPS) is 24.5. The zero-order valence-electron chi connectivity index (χ0n) is 10.6. The van der Waals surface area contributed by atoms with Crippen molar-refractivity contribution in [3.63, 3.8) is 0 Å². The number of hydrogen-bond donors (Lipinski definition) is 3. The van der Waals surface area contributed by atoms with Crippen molar-refractivity contribution in [1.29, 1.82) is 0 Å². The Morgan fingerprint density at radius 3 is 2.53 bits per heavy atom. The first-order valence-corrected chi connectivity index (χ1v) is 5.69. The number of rotatable bonds is 3. The summed E-state index contributed by atoms with van der Waals surface area (Å²) in [5.41, 5.74) is 4.56. The molecule has 1 heterocycles. The Bertz CT molecular complexity index is 304. The molecular weight excluding hydrogens is 222 g/mol. The molecular formula is C11H21N3O3. The number of nitrogens with two attached hydrogens (primary N) is 1. The van der Waals surface area contributed by atoms with Gasteiger partial charge in [0.1, 0.15) is 5.54 Å². The van der Waals surface area contributed by atoms with Gasteiger partial charge in [0.15, 0.2) is 0 Å². The van der Waals surface area contributed by atoms with Gasteiger partial charge in [-0.3, -0.25) is 9.59 Å². The van der Waals surface area contributed by atoms with Crippen LogP contribution in [0.2, 0.25) is 0 Å². The number of hydrogen-bond acceptors (Lipinski definition) is 4. The van der Waals surface area contributed by atoms with Crippen molar-refractivity contribution in [2.45, 2.75) is 38.3 Å². The third-order valence-corrected chi connectivity index (χ3v) is 2.43. The fourth-order valence-corrected chi connectivity index (χ4v) is 1.56. The lowest BCUT2D eigenvalue weighted by Gasteiger charge is -2.23. The molecule has 0 bridgehead atoms. The minimum atomic E-state index is -0.984. The van der Waals surface area contributed by atoms with Gasteiger partial charge in [0, 0.05) is 12.1 Å². The summed E-state index contributed by atoms with van der Waals surface area (Å²) in [6, 6.07) is 0. The van der Waals surface area contributed by atoms with Crippen LogP contribution in [-0.2, 0) is 14.3 Å². The molecule has 0 aromatic carbocycles. The molecule has 1 unspecified atom stereocenters. The maximum Gasteiger partial charge on any atom is 0.243 e. The molecule has 0 radical (unpaired) electrons. The lowest BCUT2D eigenvalue weighted by atomic mass is 9.99. The number of nitrogens with one attached hydrogen (secondary N) is 2. The standard InChI is InChI=1S/C11H21N3O3/c1-10(2,3)14-8(15)6-13-9(16)11(12)4-5-17-7-11/h4-7,12H2,1-3H3,(H,13,16)(H,14,15). The molecule has 0 aliphatic carbocycles. The van der Waals surface area contributed by atoms with E-state index in [-0.39, 0.29) is 30.5 Å². The molecule has 0 saturated carbocycles. The van der Waals surface area contributed by atoms with Crippen molar-refractivity contribution in [3.8, 4) is 0 Å². The van der Waals surface area contributed by atoms with Crippen LogP contribution in [0.1, 0.15) is 27.2 Å². The average Bonchev–Trinajstić information content (AvgIpc) is 2.60. The van der Waals surface area contributed by atoms with E-state index in [4.69, 9.17) is 10.5 Å². The van der Waals surface area contributed by atoms with Crippen molar-refractivity contribution in [2.24, 2.45) is 5.73 Å². The van der Waals surface area contributed by atoms with E-state index in [0.29, 0.717) is 13.0 Å². The highest BCUT2D eigenvalue weighted by Gasteiger charge is 2.38. The molecule has 0 aromatic rings. The fraction of sp³-hybridized carbons (Fsp3) is 0.818. The molecule has 6 heteroatoms. The molecule has 0 aromatic heterocycles. The number of carbonyl (C=O) groups excluding carboxylic acids is 2. The molecule has 17 heavy (non-hydrogen) atoms. The summed E-state index contributed by atoms with van der Waals surface area (Å²) >= 11 is 0. The largest absolute Gasteiger partial charge is 0.379 e. The number of amides is 2. The quantitative estimate of drug-likeness (QED) is 0.601. The molecule has 6 nitrogen and oxygen atoms in total. The van der Waals surface area contributed by atoms with Gasteiger partial charge in [-0.1, -0.05) is 0 Å². The zero-order chi connectivity index (χ0) is 13.1. The molecule has 0 spiro atoms. The van der Waals surface area contributed by atoms with Gasteiger partial charge in [0.25, 0.3) is 0 Å². The van der Waals surface area contributed by atoms with E-state index in [9.17, 15) is 9.59 Å². The SMILES string of the molecule is CC(C)(C)NC(=O)CNC(=O)C1(N)CCOC1. The highest BCUT2D eigenvalue weighted by molar-refractivity contribution is 5.90. The van der Waals surface area contributed by atoms with Gasteiger partial charge in [-0.25, -0.2) is 0 Å². The molecule has 2 amide bonds. The monoisotopic (exact) mass is 243 g/mol. The molecule has 1 aliphatic heterocycles. The van der Waals surface area contributed by atoms with Crippen LogP contribution >= 0.6 is 0 Å². The summed E-state index contributed by atoms with van der Waals surface area (Å²) < 4.78 is 5.08. The summed E-state index contributed by atoms with van der Waals surface area (Å²) in [6.07, 6.45) is 0.486. The molecule has 1 saturated heterocycles. The second-order valence-corrected chi connectivity index (χ2v) is 5.44. The van der Waals surface area contributed by atoms with E-state index in [2.05, 4.69) is 10.6 Å². The third kappa shape index (κ3) is 4.32. The second-order valence-electron chi connectivity index (χ2n) is 5.44. The second kappa shape index (κ2) is 5.01. The van der Waals surface area contributed by atoms with Gasteiger partial charge in [0.05, 0.1) is 13.2 Å². The lowest BCUT2D eigenvalue weighted by molar-refractivity contribution is -0.130. The van der Waals surface area contributed by atoms with Crippen LogP contribution in [0.4, 0.5) is 0 Å². The topological polar surface area (TPSA) is 93.5 Å². The summed E-state index contributed by atoms with van der Waals surface area (Å²) in [4.78, 5) is 23.2. The minimum absolute atomic E-state index is 0.0605.